The Labute approximate surface area is 119 Å². The summed E-state index contributed by atoms with van der Waals surface area (Å²) in [6.45, 7) is 14.4. The van der Waals surface area contributed by atoms with Gasteiger partial charge in [-0.05, 0) is 45.7 Å². The molecule has 2 rings (SSSR count). The highest BCUT2D eigenvalue weighted by Crippen LogP contribution is 2.29. The smallest absolute Gasteiger partial charge is 0.0278 e. The Morgan fingerprint density at radius 1 is 1.32 bits per heavy atom. The SMILES string of the molecule is CCC1CNC(C)(CC)CN1C1CCN(C)CC1C. The molecule has 112 valence electrons. The van der Waals surface area contributed by atoms with Gasteiger partial charge in [-0.25, -0.2) is 0 Å². The van der Waals surface area contributed by atoms with E-state index >= 15 is 0 Å². The van der Waals surface area contributed by atoms with Crippen LogP contribution in [-0.2, 0) is 0 Å². The molecule has 0 aromatic heterocycles. The number of nitrogens with one attached hydrogen (secondary N) is 1. The van der Waals surface area contributed by atoms with E-state index in [2.05, 4.69) is 49.9 Å². The maximum Gasteiger partial charge on any atom is 0.0278 e. The van der Waals surface area contributed by atoms with Crippen LogP contribution >= 0.6 is 0 Å². The summed E-state index contributed by atoms with van der Waals surface area (Å²) in [6.07, 6.45) is 3.83. The Kier molecular flexibility index (Phi) is 4.91. The van der Waals surface area contributed by atoms with Crippen molar-refractivity contribution in [2.45, 2.75) is 64.6 Å². The molecule has 0 aromatic rings. The first kappa shape index (κ1) is 15.3. The topological polar surface area (TPSA) is 18.5 Å². The minimum absolute atomic E-state index is 0.314. The molecule has 2 heterocycles. The average Bonchev–Trinajstić information content (AvgIpc) is 2.39. The van der Waals surface area contributed by atoms with Crippen molar-refractivity contribution in [3.63, 3.8) is 0 Å². The largest absolute Gasteiger partial charge is 0.309 e. The van der Waals surface area contributed by atoms with Crippen molar-refractivity contribution in [2.24, 2.45) is 5.92 Å². The normalized spacial score (nSPS) is 42.5. The second-order valence-corrected chi connectivity index (χ2v) is 7.13. The van der Waals surface area contributed by atoms with Crippen molar-refractivity contribution in [1.29, 1.82) is 0 Å². The van der Waals surface area contributed by atoms with Crippen molar-refractivity contribution in [3.05, 3.63) is 0 Å². The Morgan fingerprint density at radius 3 is 2.63 bits per heavy atom. The highest BCUT2D eigenvalue weighted by Gasteiger charge is 2.39. The molecule has 0 saturated carbocycles. The van der Waals surface area contributed by atoms with Crippen molar-refractivity contribution in [2.75, 3.05) is 33.2 Å². The summed E-state index contributed by atoms with van der Waals surface area (Å²) >= 11 is 0. The Balaban J connectivity index is 2.09. The molecule has 2 aliphatic rings. The molecule has 0 bridgehead atoms. The zero-order chi connectivity index (χ0) is 14.0. The maximum atomic E-state index is 3.79. The lowest BCUT2D eigenvalue weighted by atomic mass is 9.86. The van der Waals surface area contributed by atoms with Crippen LogP contribution in [0, 0.1) is 5.92 Å². The Morgan fingerprint density at radius 2 is 2.05 bits per heavy atom. The van der Waals surface area contributed by atoms with Gasteiger partial charge in [0.25, 0.3) is 0 Å². The van der Waals surface area contributed by atoms with Crippen molar-refractivity contribution < 1.29 is 0 Å². The van der Waals surface area contributed by atoms with E-state index in [9.17, 15) is 0 Å². The second-order valence-electron chi connectivity index (χ2n) is 7.13. The van der Waals surface area contributed by atoms with Gasteiger partial charge in [0.1, 0.15) is 0 Å². The molecule has 1 N–H and O–H groups in total. The minimum atomic E-state index is 0.314. The maximum absolute atomic E-state index is 3.79. The summed E-state index contributed by atoms with van der Waals surface area (Å²) in [5, 5.41) is 3.79. The lowest BCUT2D eigenvalue weighted by molar-refractivity contribution is -0.00463. The molecule has 0 radical (unpaired) electrons. The summed E-state index contributed by atoms with van der Waals surface area (Å²) in [7, 11) is 2.26. The van der Waals surface area contributed by atoms with Crippen LogP contribution in [0.2, 0.25) is 0 Å². The first-order valence-electron chi connectivity index (χ1n) is 8.18. The van der Waals surface area contributed by atoms with Crippen LogP contribution in [-0.4, -0.2) is 60.6 Å². The number of hydrogen-bond donors (Lipinski definition) is 1. The van der Waals surface area contributed by atoms with E-state index in [0.717, 1.165) is 18.0 Å². The quantitative estimate of drug-likeness (QED) is 0.845. The second kappa shape index (κ2) is 6.11. The lowest BCUT2D eigenvalue weighted by Gasteiger charge is -2.52. The van der Waals surface area contributed by atoms with Gasteiger partial charge in [-0.15, -0.1) is 0 Å². The molecule has 0 spiro atoms. The average molecular weight is 267 g/mol. The third kappa shape index (κ3) is 3.32. The molecule has 3 nitrogen and oxygen atoms in total. The van der Waals surface area contributed by atoms with Gasteiger partial charge in [-0.2, -0.15) is 0 Å². The molecule has 2 aliphatic heterocycles. The van der Waals surface area contributed by atoms with Crippen molar-refractivity contribution >= 4 is 0 Å². The fourth-order valence-electron chi connectivity index (χ4n) is 3.91. The molecule has 0 amide bonds. The van der Waals surface area contributed by atoms with Crippen LogP contribution in [0.1, 0.15) is 47.0 Å². The van der Waals surface area contributed by atoms with Crippen LogP contribution in [0.5, 0.6) is 0 Å². The molecule has 4 unspecified atom stereocenters. The number of likely N-dealkylation sites (tertiary alicyclic amines) is 1. The zero-order valence-electron chi connectivity index (χ0n) is 13.6. The van der Waals surface area contributed by atoms with Gasteiger partial charge in [0.15, 0.2) is 0 Å². The predicted octanol–water partition coefficient (Wildman–Crippen LogP) is 2.18. The Bertz CT molecular complexity index is 294. The number of piperazine rings is 1. The van der Waals surface area contributed by atoms with Crippen molar-refractivity contribution in [1.82, 2.24) is 15.1 Å². The minimum Gasteiger partial charge on any atom is -0.309 e. The van der Waals surface area contributed by atoms with E-state index in [1.54, 1.807) is 0 Å². The van der Waals surface area contributed by atoms with Gasteiger partial charge in [0.05, 0.1) is 0 Å². The van der Waals surface area contributed by atoms with Crippen LogP contribution in [0.15, 0.2) is 0 Å². The molecule has 3 heteroatoms. The Hall–Kier alpha value is -0.120. The number of nitrogens with zero attached hydrogens (tertiary/aromatic N) is 2. The molecule has 4 atom stereocenters. The molecule has 2 fully saturated rings. The van der Waals surface area contributed by atoms with Gasteiger partial charge in [-0.1, -0.05) is 20.8 Å². The summed E-state index contributed by atoms with van der Waals surface area (Å²) in [4.78, 5) is 5.33. The summed E-state index contributed by atoms with van der Waals surface area (Å²) in [5.41, 5.74) is 0.314. The third-order valence-electron chi connectivity index (χ3n) is 5.51. The first-order chi connectivity index (χ1) is 8.99. The van der Waals surface area contributed by atoms with Gasteiger partial charge in [0, 0.05) is 37.3 Å². The van der Waals surface area contributed by atoms with E-state index in [-0.39, 0.29) is 0 Å². The standard InChI is InChI=1S/C16H33N3/c1-6-14-10-17-16(4,7-2)12-19(14)15-8-9-18(5)11-13(15)3/h13-15,17H,6-12H2,1-5H3. The van der Waals surface area contributed by atoms with Crippen LogP contribution in [0.3, 0.4) is 0 Å². The predicted molar refractivity (Wildman–Crippen MR) is 82.5 cm³/mol. The highest BCUT2D eigenvalue weighted by molar-refractivity contribution is 4.98. The third-order valence-corrected chi connectivity index (χ3v) is 5.51. The van der Waals surface area contributed by atoms with Crippen LogP contribution < -0.4 is 5.32 Å². The van der Waals surface area contributed by atoms with E-state index in [1.165, 1.54) is 45.4 Å². The molecular weight excluding hydrogens is 234 g/mol. The van der Waals surface area contributed by atoms with Gasteiger partial charge >= 0.3 is 0 Å². The van der Waals surface area contributed by atoms with Gasteiger partial charge < -0.3 is 10.2 Å². The first-order valence-corrected chi connectivity index (χ1v) is 8.18. The molecule has 0 aliphatic carbocycles. The summed E-state index contributed by atoms with van der Waals surface area (Å²) in [6, 6.07) is 1.52. The molecular formula is C16H33N3. The fraction of sp³-hybridized carbons (Fsp3) is 1.00. The van der Waals surface area contributed by atoms with E-state index in [1.807, 2.05) is 0 Å². The number of rotatable bonds is 3. The number of piperidine rings is 1. The molecule has 2 saturated heterocycles. The molecule has 19 heavy (non-hydrogen) atoms. The summed E-state index contributed by atoms with van der Waals surface area (Å²) < 4.78 is 0. The van der Waals surface area contributed by atoms with Gasteiger partial charge in [0.2, 0.25) is 0 Å². The van der Waals surface area contributed by atoms with E-state index in [0.29, 0.717) is 5.54 Å². The van der Waals surface area contributed by atoms with Crippen LogP contribution in [0.25, 0.3) is 0 Å². The van der Waals surface area contributed by atoms with E-state index < -0.39 is 0 Å². The number of hydrogen-bond acceptors (Lipinski definition) is 3. The van der Waals surface area contributed by atoms with Gasteiger partial charge in [-0.3, -0.25) is 4.90 Å². The lowest BCUT2D eigenvalue weighted by Crippen LogP contribution is -2.66. The summed E-state index contributed by atoms with van der Waals surface area (Å²) in [5.74, 6) is 0.798. The zero-order valence-corrected chi connectivity index (χ0v) is 13.6. The van der Waals surface area contributed by atoms with Crippen LogP contribution in [0.4, 0.5) is 0 Å². The molecule has 0 aromatic carbocycles. The fourth-order valence-corrected chi connectivity index (χ4v) is 3.91. The van der Waals surface area contributed by atoms with Crippen molar-refractivity contribution in [3.8, 4) is 0 Å². The highest BCUT2D eigenvalue weighted by atomic mass is 15.3. The van der Waals surface area contributed by atoms with E-state index in [4.69, 9.17) is 0 Å². The monoisotopic (exact) mass is 267 g/mol.